The summed E-state index contributed by atoms with van der Waals surface area (Å²) in [5.74, 6) is -0.0754. The second-order valence-corrected chi connectivity index (χ2v) is 3.43. The highest BCUT2D eigenvalue weighted by Gasteiger charge is 2.03. The average Bonchev–Trinajstić information content (AvgIpc) is 2.02. The fourth-order valence-electron chi connectivity index (χ4n) is 1.06. The summed E-state index contributed by atoms with van der Waals surface area (Å²) in [5, 5.41) is 0. The largest absolute Gasteiger partial charge is 0.463 e. The summed E-state index contributed by atoms with van der Waals surface area (Å²) >= 11 is 0. The Labute approximate surface area is 81.0 Å². The van der Waals surface area contributed by atoms with Crippen LogP contribution in [0, 0.1) is 0 Å². The zero-order chi connectivity index (χ0) is 10.1. The van der Waals surface area contributed by atoms with Crippen LogP contribution in [0.5, 0.6) is 0 Å². The number of hydrogen-bond acceptors (Lipinski definition) is 2. The van der Waals surface area contributed by atoms with E-state index in [0.717, 1.165) is 25.7 Å². The number of allylic oxidation sites excluding steroid dienone is 1. The monoisotopic (exact) mass is 184 g/mol. The number of carbonyl (C=O) groups excluding carboxylic acids is 1. The maximum atomic E-state index is 11.0. The quantitative estimate of drug-likeness (QED) is 0.345. The first-order valence-electron chi connectivity index (χ1n) is 4.97. The van der Waals surface area contributed by atoms with E-state index in [0.29, 0.717) is 6.42 Å². The molecule has 0 saturated carbocycles. The van der Waals surface area contributed by atoms with Gasteiger partial charge in [-0.05, 0) is 33.1 Å². The molecular formula is C11H20O2. The second kappa shape index (κ2) is 7.84. The maximum absolute atomic E-state index is 11.0. The number of esters is 1. The van der Waals surface area contributed by atoms with Crippen molar-refractivity contribution in [3.05, 3.63) is 12.7 Å². The van der Waals surface area contributed by atoms with Crippen LogP contribution in [-0.2, 0) is 9.53 Å². The smallest absolute Gasteiger partial charge is 0.306 e. The first-order chi connectivity index (χ1) is 6.16. The van der Waals surface area contributed by atoms with E-state index in [4.69, 9.17) is 4.74 Å². The van der Waals surface area contributed by atoms with Crippen molar-refractivity contribution in [1.29, 1.82) is 0 Å². The third-order valence-electron chi connectivity index (χ3n) is 1.66. The summed E-state index contributed by atoms with van der Waals surface area (Å²) in [7, 11) is 0. The Kier molecular flexibility index (Phi) is 7.36. The number of rotatable bonds is 7. The fourth-order valence-corrected chi connectivity index (χ4v) is 1.06. The molecule has 0 aliphatic carbocycles. The molecule has 0 unspecified atom stereocenters. The predicted octanol–water partition coefficient (Wildman–Crippen LogP) is 3.07. The molecule has 0 amide bonds. The van der Waals surface area contributed by atoms with Crippen LogP contribution < -0.4 is 0 Å². The maximum Gasteiger partial charge on any atom is 0.306 e. The fraction of sp³-hybridized carbons (Fsp3) is 0.727. The van der Waals surface area contributed by atoms with Crippen molar-refractivity contribution in [2.75, 3.05) is 0 Å². The molecule has 13 heavy (non-hydrogen) atoms. The molecule has 0 radical (unpaired) electrons. The van der Waals surface area contributed by atoms with Crippen LogP contribution in [0.4, 0.5) is 0 Å². The molecule has 0 spiro atoms. The SMILES string of the molecule is C=CCCCCCC(=O)OC(C)C. The number of unbranched alkanes of at least 4 members (excludes halogenated alkanes) is 3. The van der Waals surface area contributed by atoms with Crippen LogP contribution in [0.2, 0.25) is 0 Å². The van der Waals surface area contributed by atoms with Crippen LogP contribution in [0.15, 0.2) is 12.7 Å². The van der Waals surface area contributed by atoms with E-state index < -0.39 is 0 Å². The Morgan fingerprint density at radius 1 is 1.38 bits per heavy atom. The van der Waals surface area contributed by atoms with E-state index in [-0.39, 0.29) is 12.1 Å². The first-order valence-corrected chi connectivity index (χ1v) is 4.97. The van der Waals surface area contributed by atoms with Crippen molar-refractivity contribution in [2.45, 2.75) is 52.1 Å². The minimum absolute atomic E-state index is 0.0145. The zero-order valence-electron chi connectivity index (χ0n) is 8.71. The van der Waals surface area contributed by atoms with Gasteiger partial charge in [0.1, 0.15) is 0 Å². The summed E-state index contributed by atoms with van der Waals surface area (Å²) < 4.78 is 5.00. The molecule has 0 aliphatic rings. The van der Waals surface area contributed by atoms with E-state index >= 15 is 0 Å². The molecule has 0 aliphatic heterocycles. The zero-order valence-corrected chi connectivity index (χ0v) is 8.71. The van der Waals surface area contributed by atoms with Crippen molar-refractivity contribution in [2.24, 2.45) is 0 Å². The molecule has 0 bridgehead atoms. The van der Waals surface area contributed by atoms with Crippen molar-refractivity contribution in [3.8, 4) is 0 Å². The molecule has 0 aromatic carbocycles. The van der Waals surface area contributed by atoms with E-state index in [1.807, 2.05) is 19.9 Å². The van der Waals surface area contributed by atoms with Crippen molar-refractivity contribution >= 4 is 5.97 Å². The lowest BCUT2D eigenvalue weighted by Crippen LogP contribution is -2.10. The lowest BCUT2D eigenvalue weighted by atomic mass is 10.1. The highest BCUT2D eigenvalue weighted by Crippen LogP contribution is 2.05. The molecule has 0 atom stereocenters. The van der Waals surface area contributed by atoms with E-state index in [1.54, 1.807) is 0 Å². The molecule has 0 N–H and O–H groups in total. The number of ether oxygens (including phenoxy) is 1. The minimum atomic E-state index is -0.0754. The Balaban J connectivity index is 3.22. The van der Waals surface area contributed by atoms with Gasteiger partial charge < -0.3 is 4.74 Å². The Morgan fingerprint density at radius 3 is 2.62 bits per heavy atom. The average molecular weight is 184 g/mol. The van der Waals surface area contributed by atoms with Crippen LogP contribution in [0.3, 0.4) is 0 Å². The van der Waals surface area contributed by atoms with E-state index in [2.05, 4.69) is 6.58 Å². The molecule has 76 valence electrons. The van der Waals surface area contributed by atoms with Gasteiger partial charge in [-0.1, -0.05) is 12.5 Å². The van der Waals surface area contributed by atoms with Crippen molar-refractivity contribution in [3.63, 3.8) is 0 Å². The molecule has 0 heterocycles. The Morgan fingerprint density at radius 2 is 2.08 bits per heavy atom. The van der Waals surface area contributed by atoms with Crippen molar-refractivity contribution in [1.82, 2.24) is 0 Å². The summed E-state index contributed by atoms with van der Waals surface area (Å²) in [6.45, 7) is 7.38. The molecule has 0 rings (SSSR count). The Hall–Kier alpha value is -0.790. The number of carbonyl (C=O) groups is 1. The first kappa shape index (κ1) is 12.2. The van der Waals surface area contributed by atoms with Gasteiger partial charge in [0, 0.05) is 6.42 Å². The lowest BCUT2D eigenvalue weighted by Gasteiger charge is -2.06. The minimum Gasteiger partial charge on any atom is -0.463 e. The molecule has 2 heteroatoms. The van der Waals surface area contributed by atoms with Crippen LogP contribution in [0.25, 0.3) is 0 Å². The van der Waals surface area contributed by atoms with Gasteiger partial charge >= 0.3 is 5.97 Å². The van der Waals surface area contributed by atoms with E-state index in [1.165, 1.54) is 0 Å². The standard InChI is InChI=1S/C11H20O2/c1-4-5-6-7-8-9-11(12)13-10(2)3/h4,10H,1,5-9H2,2-3H3. The van der Waals surface area contributed by atoms with Crippen LogP contribution in [0.1, 0.15) is 46.0 Å². The Bertz CT molecular complexity index is 150. The topological polar surface area (TPSA) is 26.3 Å². The van der Waals surface area contributed by atoms with Crippen molar-refractivity contribution < 1.29 is 9.53 Å². The second-order valence-electron chi connectivity index (χ2n) is 3.43. The van der Waals surface area contributed by atoms with Gasteiger partial charge in [-0.25, -0.2) is 0 Å². The van der Waals surface area contributed by atoms with Crippen LogP contribution >= 0.6 is 0 Å². The number of hydrogen-bond donors (Lipinski definition) is 0. The van der Waals surface area contributed by atoms with Crippen LogP contribution in [-0.4, -0.2) is 12.1 Å². The van der Waals surface area contributed by atoms with Gasteiger partial charge in [-0.3, -0.25) is 4.79 Å². The van der Waals surface area contributed by atoms with Gasteiger partial charge in [-0.15, -0.1) is 6.58 Å². The van der Waals surface area contributed by atoms with Gasteiger partial charge in [-0.2, -0.15) is 0 Å². The molecule has 0 saturated heterocycles. The van der Waals surface area contributed by atoms with Gasteiger partial charge in [0.05, 0.1) is 6.10 Å². The molecule has 0 aromatic rings. The van der Waals surface area contributed by atoms with Gasteiger partial charge in [0.15, 0.2) is 0 Å². The molecule has 2 nitrogen and oxygen atoms in total. The summed E-state index contributed by atoms with van der Waals surface area (Å²) in [4.78, 5) is 11.0. The molecule has 0 fully saturated rings. The molecule has 0 aromatic heterocycles. The highest BCUT2D eigenvalue weighted by molar-refractivity contribution is 5.69. The third-order valence-corrected chi connectivity index (χ3v) is 1.66. The predicted molar refractivity (Wildman–Crippen MR) is 54.5 cm³/mol. The van der Waals surface area contributed by atoms with E-state index in [9.17, 15) is 4.79 Å². The molecular weight excluding hydrogens is 164 g/mol. The summed E-state index contributed by atoms with van der Waals surface area (Å²) in [6, 6.07) is 0. The lowest BCUT2D eigenvalue weighted by molar-refractivity contribution is -0.147. The summed E-state index contributed by atoms with van der Waals surface area (Å²) in [6.07, 6.45) is 6.65. The normalized spacial score (nSPS) is 10.1. The highest BCUT2D eigenvalue weighted by atomic mass is 16.5. The van der Waals surface area contributed by atoms with Gasteiger partial charge in [0.2, 0.25) is 0 Å². The summed E-state index contributed by atoms with van der Waals surface area (Å²) in [5.41, 5.74) is 0. The third kappa shape index (κ3) is 9.12. The van der Waals surface area contributed by atoms with Gasteiger partial charge in [0.25, 0.3) is 0 Å².